The average Bonchev–Trinajstić information content (AvgIpc) is 3.06. The van der Waals surface area contributed by atoms with Crippen molar-refractivity contribution in [1.29, 1.82) is 0 Å². The number of aromatic nitrogens is 3. The Bertz CT molecular complexity index is 999. The predicted molar refractivity (Wildman–Crippen MR) is 116 cm³/mol. The van der Waals surface area contributed by atoms with Crippen LogP contribution in [0.15, 0.2) is 47.6 Å². The van der Waals surface area contributed by atoms with Gasteiger partial charge in [0, 0.05) is 26.8 Å². The maximum atomic E-state index is 13.0. The second-order valence-corrected chi connectivity index (χ2v) is 6.44. The van der Waals surface area contributed by atoms with Crippen LogP contribution in [0.3, 0.4) is 0 Å². The Morgan fingerprint density at radius 2 is 1.90 bits per heavy atom. The van der Waals surface area contributed by atoms with Crippen LogP contribution >= 0.6 is 24.0 Å². The minimum atomic E-state index is -4.42. The zero-order chi connectivity index (χ0) is 20.3. The first-order valence-electron chi connectivity index (χ1n) is 8.66. The minimum Gasteiger partial charge on any atom is -0.349 e. The second-order valence-electron chi connectivity index (χ2n) is 6.44. The van der Waals surface area contributed by atoms with Crippen molar-refractivity contribution in [3.8, 4) is 0 Å². The molecule has 3 aromatic rings. The molecular weight excluding hydrogens is 496 g/mol. The SMILES string of the molecule is CN=C(NCc1nnc2ccc(C(F)(F)F)cn12)N(C)Cc1ccccc1C.I. The van der Waals surface area contributed by atoms with E-state index < -0.39 is 11.7 Å². The Hall–Kier alpha value is -2.37. The molecule has 0 aliphatic carbocycles. The molecule has 2 heterocycles. The van der Waals surface area contributed by atoms with E-state index in [2.05, 4.69) is 20.5 Å². The van der Waals surface area contributed by atoms with Gasteiger partial charge in [0.05, 0.1) is 12.1 Å². The Balaban J connectivity index is 0.00000300. The van der Waals surface area contributed by atoms with E-state index >= 15 is 0 Å². The van der Waals surface area contributed by atoms with Gasteiger partial charge in [0.2, 0.25) is 0 Å². The van der Waals surface area contributed by atoms with Crippen LogP contribution in [0.25, 0.3) is 5.65 Å². The first-order chi connectivity index (χ1) is 13.3. The van der Waals surface area contributed by atoms with Crippen molar-refractivity contribution in [3.63, 3.8) is 0 Å². The third-order valence-electron chi connectivity index (χ3n) is 4.45. The van der Waals surface area contributed by atoms with Gasteiger partial charge in [-0.25, -0.2) is 0 Å². The molecule has 0 saturated carbocycles. The monoisotopic (exact) mass is 518 g/mol. The Kier molecular flexibility index (Phi) is 7.44. The summed E-state index contributed by atoms with van der Waals surface area (Å²) in [6.07, 6.45) is -3.42. The number of nitrogens with zero attached hydrogens (tertiary/aromatic N) is 5. The van der Waals surface area contributed by atoms with Crippen molar-refractivity contribution < 1.29 is 13.2 Å². The van der Waals surface area contributed by atoms with E-state index in [9.17, 15) is 13.2 Å². The number of hydrogen-bond acceptors (Lipinski definition) is 3. The summed E-state index contributed by atoms with van der Waals surface area (Å²) in [6.45, 7) is 2.87. The Morgan fingerprint density at radius 3 is 2.55 bits per heavy atom. The van der Waals surface area contributed by atoms with Crippen LogP contribution in [0.5, 0.6) is 0 Å². The third kappa shape index (κ3) is 5.37. The van der Waals surface area contributed by atoms with Crippen LogP contribution in [-0.2, 0) is 19.3 Å². The molecule has 0 fully saturated rings. The number of alkyl halides is 3. The predicted octanol–water partition coefficient (Wildman–Crippen LogP) is 3.88. The molecule has 6 nitrogen and oxygen atoms in total. The molecule has 0 unspecified atom stereocenters. The van der Waals surface area contributed by atoms with Crippen molar-refractivity contribution in [3.05, 3.63) is 65.1 Å². The van der Waals surface area contributed by atoms with Crippen LogP contribution < -0.4 is 5.32 Å². The number of nitrogens with one attached hydrogen (secondary N) is 1. The molecule has 156 valence electrons. The second kappa shape index (κ2) is 9.42. The highest BCUT2D eigenvalue weighted by Gasteiger charge is 2.31. The molecule has 10 heteroatoms. The molecule has 29 heavy (non-hydrogen) atoms. The van der Waals surface area contributed by atoms with Crippen molar-refractivity contribution >= 4 is 35.6 Å². The van der Waals surface area contributed by atoms with E-state index in [-0.39, 0.29) is 30.5 Å². The molecule has 1 aromatic carbocycles. The van der Waals surface area contributed by atoms with Crippen molar-refractivity contribution in [2.45, 2.75) is 26.2 Å². The summed E-state index contributed by atoms with van der Waals surface area (Å²) < 4.78 is 40.3. The molecule has 1 N–H and O–H groups in total. The molecule has 0 bridgehead atoms. The number of halogens is 4. The lowest BCUT2D eigenvalue weighted by Gasteiger charge is -2.22. The highest BCUT2D eigenvalue weighted by Crippen LogP contribution is 2.29. The Morgan fingerprint density at radius 1 is 1.17 bits per heavy atom. The molecule has 0 spiro atoms. The number of guanidine groups is 1. The standard InChI is InChI=1S/C19H21F3N6.HI/c1-13-6-4-5-7-14(13)11-27(3)18(23-2)24-10-17-26-25-16-9-8-15(12-28(16)17)19(20,21)22;/h4-9,12H,10-11H2,1-3H3,(H,23,24);1H. The molecule has 3 rings (SSSR count). The molecule has 0 aliphatic rings. The molecule has 2 aromatic heterocycles. The maximum absolute atomic E-state index is 13.0. The van der Waals surface area contributed by atoms with Crippen molar-refractivity contribution in [2.75, 3.05) is 14.1 Å². The lowest BCUT2D eigenvalue weighted by atomic mass is 10.1. The van der Waals surface area contributed by atoms with E-state index in [1.807, 2.05) is 43.1 Å². The first kappa shape index (κ1) is 22.9. The van der Waals surface area contributed by atoms with E-state index in [1.165, 1.54) is 16.0 Å². The Labute approximate surface area is 183 Å². The maximum Gasteiger partial charge on any atom is 0.417 e. The van der Waals surface area contributed by atoms with E-state index in [4.69, 9.17) is 0 Å². The summed E-state index contributed by atoms with van der Waals surface area (Å²) in [5.74, 6) is 0.971. The zero-order valence-electron chi connectivity index (χ0n) is 16.2. The zero-order valence-corrected chi connectivity index (χ0v) is 18.6. The van der Waals surface area contributed by atoms with Gasteiger partial charge in [0.25, 0.3) is 0 Å². The largest absolute Gasteiger partial charge is 0.417 e. The molecule has 0 aliphatic heterocycles. The molecule has 0 saturated heterocycles. The van der Waals surface area contributed by atoms with E-state index in [0.29, 0.717) is 24.0 Å². The topological polar surface area (TPSA) is 57.8 Å². The van der Waals surface area contributed by atoms with Gasteiger partial charge in [-0.15, -0.1) is 34.2 Å². The summed E-state index contributed by atoms with van der Waals surface area (Å²) in [7, 11) is 3.55. The van der Waals surface area contributed by atoms with Crippen LogP contribution in [0.4, 0.5) is 13.2 Å². The van der Waals surface area contributed by atoms with Gasteiger partial charge in [-0.05, 0) is 30.2 Å². The summed E-state index contributed by atoms with van der Waals surface area (Å²) >= 11 is 0. The summed E-state index contributed by atoms with van der Waals surface area (Å²) in [6, 6.07) is 10.3. The van der Waals surface area contributed by atoms with Gasteiger partial charge in [0.1, 0.15) is 0 Å². The molecular formula is C19H22F3IN6. The van der Waals surface area contributed by atoms with E-state index in [0.717, 1.165) is 17.8 Å². The average molecular weight is 518 g/mol. The van der Waals surface area contributed by atoms with Gasteiger partial charge in [0.15, 0.2) is 17.4 Å². The number of pyridine rings is 1. The molecule has 0 atom stereocenters. The van der Waals surface area contributed by atoms with E-state index in [1.54, 1.807) is 7.05 Å². The normalized spacial score (nSPS) is 12.0. The fraction of sp³-hybridized carbons (Fsp3) is 0.316. The number of hydrogen-bond donors (Lipinski definition) is 1. The van der Waals surface area contributed by atoms with Crippen LogP contribution in [0, 0.1) is 6.92 Å². The first-order valence-corrected chi connectivity index (χ1v) is 8.66. The number of aliphatic imine (C=N–C) groups is 1. The number of benzene rings is 1. The lowest BCUT2D eigenvalue weighted by molar-refractivity contribution is -0.137. The van der Waals surface area contributed by atoms with Crippen molar-refractivity contribution in [2.24, 2.45) is 4.99 Å². The fourth-order valence-electron chi connectivity index (χ4n) is 2.89. The third-order valence-corrected chi connectivity index (χ3v) is 4.45. The van der Waals surface area contributed by atoms with Gasteiger partial charge < -0.3 is 10.2 Å². The highest BCUT2D eigenvalue weighted by atomic mass is 127. The fourth-order valence-corrected chi connectivity index (χ4v) is 2.89. The quantitative estimate of drug-likeness (QED) is 0.324. The number of aryl methyl sites for hydroxylation is 1. The van der Waals surface area contributed by atoms with Crippen LogP contribution in [-0.4, -0.2) is 39.6 Å². The van der Waals surface area contributed by atoms with Crippen molar-refractivity contribution in [1.82, 2.24) is 24.8 Å². The number of fused-ring (bicyclic) bond motifs is 1. The number of rotatable bonds is 4. The van der Waals surface area contributed by atoms with Gasteiger partial charge in [-0.1, -0.05) is 24.3 Å². The summed E-state index contributed by atoms with van der Waals surface area (Å²) in [5, 5.41) is 11.0. The van der Waals surface area contributed by atoms with Crippen LogP contribution in [0.2, 0.25) is 0 Å². The van der Waals surface area contributed by atoms with Gasteiger partial charge >= 0.3 is 6.18 Å². The van der Waals surface area contributed by atoms with Gasteiger partial charge in [-0.3, -0.25) is 9.39 Å². The lowest BCUT2D eigenvalue weighted by Crippen LogP contribution is -2.38. The van der Waals surface area contributed by atoms with Gasteiger partial charge in [-0.2, -0.15) is 13.2 Å². The van der Waals surface area contributed by atoms with Crippen LogP contribution in [0.1, 0.15) is 22.5 Å². The highest BCUT2D eigenvalue weighted by molar-refractivity contribution is 14.0. The smallest absolute Gasteiger partial charge is 0.349 e. The summed E-state index contributed by atoms with van der Waals surface area (Å²) in [4.78, 5) is 6.18. The summed E-state index contributed by atoms with van der Waals surface area (Å²) in [5.41, 5.74) is 1.94. The minimum absolute atomic E-state index is 0. The molecule has 0 amide bonds. The molecule has 0 radical (unpaired) electrons.